The Morgan fingerprint density at radius 3 is 2.34 bits per heavy atom. The van der Waals surface area contributed by atoms with Gasteiger partial charge in [-0.05, 0) is 61.7 Å². The highest BCUT2D eigenvalue weighted by atomic mass is 16.3. The molecule has 148 valence electrons. The van der Waals surface area contributed by atoms with Gasteiger partial charge in [-0.1, -0.05) is 18.2 Å². The van der Waals surface area contributed by atoms with Crippen LogP contribution in [0.4, 0.5) is 23.5 Å². The maximum absolute atomic E-state index is 9.44. The molecule has 1 fully saturated rings. The SMILES string of the molecule is C/C(=N\Nc1nc(Nc2ccccc2)nc(N2CCCC2)n1)c1ccc(O)cc1. The number of phenolic OH excluding ortho intramolecular Hbond substituents is 1. The zero-order valence-electron chi connectivity index (χ0n) is 16.2. The van der Waals surface area contributed by atoms with E-state index in [4.69, 9.17) is 0 Å². The molecule has 1 aliphatic rings. The van der Waals surface area contributed by atoms with Crippen molar-refractivity contribution in [2.24, 2.45) is 5.10 Å². The van der Waals surface area contributed by atoms with Gasteiger partial charge < -0.3 is 15.3 Å². The second-order valence-electron chi connectivity index (χ2n) is 6.82. The Kier molecular flexibility index (Phi) is 5.51. The van der Waals surface area contributed by atoms with Crippen LogP contribution in [0.3, 0.4) is 0 Å². The molecule has 0 aliphatic carbocycles. The highest BCUT2D eigenvalue weighted by Gasteiger charge is 2.17. The van der Waals surface area contributed by atoms with Gasteiger partial charge in [0.15, 0.2) is 0 Å². The number of aromatic nitrogens is 3. The topological polar surface area (TPSA) is 98.6 Å². The second kappa shape index (κ2) is 8.55. The van der Waals surface area contributed by atoms with Crippen LogP contribution in [-0.4, -0.2) is 38.9 Å². The summed E-state index contributed by atoms with van der Waals surface area (Å²) in [6.07, 6.45) is 2.27. The van der Waals surface area contributed by atoms with Gasteiger partial charge in [0, 0.05) is 18.8 Å². The number of aromatic hydroxyl groups is 1. The molecule has 2 heterocycles. The number of para-hydroxylation sites is 1. The number of hydrazone groups is 1. The number of nitrogens with one attached hydrogen (secondary N) is 2. The van der Waals surface area contributed by atoms with Crippen LogP contribution in [0.5, 0.6) is 5.75 Å². The lowest BCUT2D eigenvalue weighted by molar-refractivity contribution is 0.475. The Bertz CT molecular complexity index is 984. The minimum Gasteiger partial charge on any atom is -0.508 e. The number of hydrogen-bond acceptors (Lipinski definition) is 8. The fraction of sp³-hybridized carbons (Fsp3) is 0.238. The van der Waals surface area contributed by atoms with Gasteiger partial charge in [0.2, 0.25) is 17.8 Å². The van der Waals surface area contributed by atoms with E-state index >= 15 is 0 Å². The number of benzene rings is 2. The van der Waals surface area contributed by atoms with Gasteiger partial charge in [0.05, 0.1) is 5.71 Å². The summed E-state index contributed by atoms with van der Waals surface area (Å²) in [5.74, 6) is 1.70. The van der Waals surface area contributed by atoms with Gasteiger partial charge in [-0.15, -0.1) is 0 Å². The first-order chi connectivity index (χ1) is 14.2. The molecule has 0 amide bonds. The summed E-state index contributed by atoms with van der Waals surface area (Å²) in [4.78, 5) is 15.7. The van der Waals surface area contributed by atoms with Crippen LogP contribution in [-0.2, 0) is 0 Å². The molecule has 4 rings (SSSR count). The van der Waals surface area contributed by atoms with Crippen molar-refractivity contribution in [3.63, 3.8) is 0 Å². The first kappa shape index (κ1) is 18.7. The van der Waals surface area contributed by atoms with Crippen LogP contribution in [0.2, 0.25) is 0 Å². The van der Waals surface area contributed by atoms with E-state index in [0.29, 0.717) is 17.8 Å². The standard InChI is InChI=1S/C21H23N7O/c1-15(16-9-11-18(29)12-10-16)26-27-20-23-19(22-17-7-3-2-4-8-17)24-21(25-20)28-13-5-6-14-28/h2-4,7-12,29H,5-6,13-14H2,1H3,(H2,22,23,24,25,27)/b26-15+. The van der Waals surface area contributed by atoms with Crippen molar-refractivity contribution in [1.29, 1.82) is 0 Å². The first-order valence-electron chi connectivity index (χ1n) is 9.60. The average Bonchev–Trinajstić information content (AvgIpc) is 3.28. The summed E-state index contributed by atoms with van der Waals surface area (Å²) in [6, 6.07) is 16.7. The summed E-state index contributed by atoms with van der Waals surface area (Å²) >= 11 is 0. The van der Waals surface area contributed by atoms with Crippen LogP contribution in [0.1, 0.15) is 25.3 Å². The summed E-state index contributed by atoms with van der Waals surface area (Å²) in [6.45, 7) is 3.75. The first-order valence-corrected chi connectivity index (χ1v) is 9.60. The zero-order valence-corrected chi connectivity index (χ0v) is 16.2. The van der Waals surface area contributed by atoms with E-state index < -0.39 is 0 Å². The Labute approximate surface area is 169 Å². The molecular weight excluding hydrogens is 366 g/mol. The van der Waals surface area contributed by atoms with E-state index in [-0.39, 0.29) is 5.75 Å². The number of phenols is 1. The lowest BCUT2D eigenvalue weighted by Crippen LogP contribution is -2.22. The molecule has 1 aromatic heterocycles. The summed E-state index contributed by atoms with van der Waals surface area (Å²) in [5, 5.41) is 17.1. The number of anilines is 4. The van der Waals surface area contributed by atoms with Gasteiger partial charge in [-0.3, -0.25) is 0 Å². The van der Waals surface area contributed by atoms with E-state index in [0.717, 1.165) is 42.9 Å². The molecule has 2 aromatic carbocycles. The van der Waals surface area contributed by atoms with Gasteiger partial charge in [-0.25, -0.2) is 5.43 Å². The lowest BCUT2D eigenvalue weighted by Gasteiger charge is -2.16. The molecule has 29 heavy (non-hydrogen) atoms. The van der Waals surface area contributed by atoms with Crippen LogP contribution >= 0.6 is 0 Å². The van der Waals surface area contributed by atoms with Gasteiger partial charge in [0.25, 0.3) is 0 Å². The highest BCUT2D eigenvalue weighted by Crippen LogP contribution is 2.21. The third-order valence-corrected chi connectivity index (χ3v) is 4.65. The molecule has 0 saturated carbocycles. The molecule has 8 heteroatoms. The van der Waals surface area contributed by atoms with Crippen LogP contribution in [0.15, 0.2) is 59.7 Å². The van der Waals surface area contributed by atoms with E-state index in [1.54, 1.807) is 24.3 Å². The number of nitrogens with zero attached hydrogens (tertiary/aromatic N) is 5. The molecule has 3 aromatic rings. The normalized spacial score (nSPS) is 14.1. The highest BCUT2D eigenvalue weighted by molar-refractivity contribution is 5.99. The molecule has 0 bridgehead atoms. The van der Waals surface area contributed by atoms with E-state index in [2.05, 4.69) is 35.7 Å². The molecule has 1 saturated heterocycles. The van der Waals surface area contributed by atoms with Gasteiger partial charge in [-0.2, -0.15) is 20.1 Å². The van der Waals surface area contributed by atoms with E-state index in [1.807, 2.05) is 37.3 Å². The Morgan fingerprint density at radius 1 is 0.931 bits per heavy atom. The van der Waals surface area contributed by atoms with Crippen molar-refractivity contribution in [2.75, 3.05) is 28.7 Å². The monoisotopic (exact) mass is 389 g/mol. The molecule has 0 unspecified atom stereocenters. The van der Waals surface area contributed by atoms with Crippen LogP contribution in [0, 0.1) is 0 Å². The van der Waals surface area contributed by atoms with Crippen molar-refractivity contribution in [2.45, 2.75) is 19.8 Å². The average molecular weight is 389 g/mol. The summed E-state index contributed by atoms with van der Waals surface area (Å²) in [7, 11) is 0. The fourth-order valence-electron chi connectivity index (χ4n) is 3.08. The van der Waals surface area contributed by atoms with Crippen molar-refractivity contribution >= 4 is 29.2 Å². The minimum atomic E-state index is 0.221. The van der Waals surface area contributed by atoms with E-state index in [9.17, 15) is 5.11 Å². The van der Waals surface area contributed by atoms with Crippen molar-refractivity contribution in [1.82, 2.24) is 15.0 Å². The predicted octanol–water partition coefficient (Wildman–Crippen LogP) is 3.76. The van der Waals surface area contributed by atoms with Crippen LogP contribution in [0.25, 0.3) is 0 Å². The Hall–Kier alpha value is -3.68. The fourth-order valence-corrected chi connectivity index (χ4v) is 3.08. The predicted molar refractivity (Wildman–Crippen MR) is 115 cm³/mol. The third-order valence-electron chi connectivity index (χ3n) is 4.65. The molecule has 8 nitrogen and oxygen atoms in total. The minimum absolute atomic E-state index is 0.221. The number of rotatable bonds is 6. The van der Waals surface area contributed by atoms with Gasteiger partial charge >= 0.3 is 0 Å². The second-order valence-corrected chi connectivity index (χ2v) is 6.82. The lowest BCUT2D eigenvalue weighted by atomic mass is 10.1. The maximum atomic E-state index is 9.44. The number of hydrogen-bond donors (Lipinski definition) is 3. The molecule has 0 radical (unpaired) electrons. The quantitative estimate of drug-likeness (QED) is 0.436. The van der Waals surface area contributed by atoms with Gasteiger partial charge in [0.1, 0.15) is 5.75 Å². The van der Waals surface area contributed by atoms with Crippen LogP contribution < -0.4 is 15.6 Å². The van der Waals surface area contributed by atoms with Crippen molar-refractivity contribution in [3.05, 3.63) is 60.2 Å². The molecule has 3 N–H and O–H groups in total. The Morgan fingerprint density at radius 2 is 1.62 bits per heavy atom. The summed E-state index contributed by atoms with van der Waals surface area (Å²) in [5.41, 5.74) is 5.50. The van der Waals surface area contributed by atoms with Crippen molar-refractivity contribution in [3.8, 4) is 5.75 Å². The molecule has 0 spiro atoms. The third kappa shape index (κ3) is 4.78. The molecule has 0 atom stereocenters. The molecular formula is C21H23N7O. The largest absolute Gasteiger partial charge is 0.508 e. The van der Waals surface area contributed by atoms with Crippen molar-refractivity contribution < 1.29 is 5.11 Å². The zero-order chi connectivity index (χ0) is 20.1. The Balaban J connectivity index is 1.59. The van der Waals surface area contributed by atoms with E-state index in [1.165, 1.54) is 0 Å². The molecule has 1 aliphatic heterocycles. The smallest absolute Gasteiger partial charge is 0.250 e. The summed E-state index contributed by atoms with van der Waals surface area (Å²) < 4.78 is 0. The maximum Gasteiger partial charge on any atom is 0.250 e.